The maximum absolute atomic E-state index is 10.2. The Kier molecular flexibility index (Phi) is 6.18. The van der Waals surface area contributed by atoms with Gasteiger partial charge in [-0.1, -0.05) is 6.42 Å². The Morgan fingerprint density at radius 1 is 1.50 bits per heavy atom. The Morgan fingerprint density at radius 2 is 2.20 bits per heavy atom. The van der Waals surface area contributed by atoms with Gasteiger partial charge in [-0.2, -0.15) is 0 Å². The molecule has 0 saturated carbocycles. The molecule has 0 radical (unpaired) electrons. The van der Waals surface area contributed by atoms with Crippen molar-refractivity contribution in [1.29, 1.82) is 0 Å². The monoisotopic (exact) mass is 146 g/mol. The van der Waals surface area contributed by atoms with E-state index in [9.17, 15) is 4.79 Å². The molecule has 10 heavy (non-hydrogen) atoms. The van der Waals surface area contributed by atoms with E-state index < -0.39 is 0 Å². The second-order valence-corrected chi connectivity index (χ2v) is 2.38. The summed E-state index contributed by atoms with van der Waals surface area (Å²) in [5.74, 6) is -0.190. The molecule has 0 unspecified atom stereocenters. The van der Waals surface area contributed by atoms with E-state index in [4.69, 9.17) is 5.73 Å². The van der Waals surface area contributed by atoms with Crippen molar-refractivity contribution in [3.8, 4) is 0 Å². The summed E-state index contributed by atoms with van der Waals surface area (Å²) in [6, 6.07) is 0. The second-order valence-electron chi connectivity index (χ2n) is 2.38. The van der Waals surface area contributed by atoms with Crippen molar-refractivity contribution in [3.63, 3.8) is 0 Å². The van der Waals surface area contributed by atoms with Crippen LogP contribution in [0.4, 0.5) is 0 Å². The first-order valence-corrected chi connectivity index (χ1v) is 3.70. The van der Waals surface area contributed by atoms with Crippen molar-refractivity contribution < 1.29 is 6.22 Å². The lowest BCUT2D eigenvalue weighted by atomic mass is 10.2. The molecule has 0 fully saturated rings. The molecule has 3 nitrogen and oxygen atoms in total. The Labute approximate surface area is 63.5 Å². The van der Waals surface area contributed by atoms with Crippen molar-refractivity contribution in [2.24, 2.45) is 5.73 Å². The Hall–Kier alpha value is -0.570. The molecule has 0 spiro atoms. The molecule has 0 heterocycles. The standard InChI is InChI=1S/C7H16N2O.H2/c1-9-6-4-2-3-5-7(8)10;/h9H,2-6H2,1H3,(H2,8,10);1H. The van der Waals surface area contributed by atoms with E-state index in [-0.39, 0.29) is 7.33 Å². The van der Waals surface area contributed by atoms with E-state index in [1.165, 1.54) is 0 Å². The van der Waals surface area contributed by atoms with Crippen LogP contribution in [0.15, 0.2) is 0 Å². The van der Waals surface area contributed by atoms with Crippen LogP contribution in [0.3, 0.4) is 0 Å². The van der Waals surface area contributed by atoms with Gasteiger partial charge in [0.1, 0.15) is 0 Å². The molecule has 0 bridgehead atoms. The fourth-order valence-electron chi connectivity index (χ4n) is 0.778. The first-order chi connectivity index (χ1) is 4.77. The number of amides is 1. The van der Waals surface area contributed by atoms with Crippen molar-refractivity contribution in [2.75, 3.05) is 13.6 Å². The second kappa shape index (κ2) is 6.55. The predicted molar refractivity (Wildman–Crippen MR) is 43.7 cm³/mol. The number of nitrogens with two attached hydrogens (primary N) is 1. The molecule has 3 N–H and O–H groups in total. The molecule has 3 heteroatoms. The van der Waals surface area contributed by atoms with Gasteiger partial charge in [0.25, 0.3) is 0 Å². The SMILES string of the molecule is CNCCCCCC(N)=O.[HH]. The van der Waals surface area contributed by atoms with Crippen LogP contribution in [0.25, 0.3) is 0 Å². The van der Waals surface area contributed by atoms with Crippen LogP contribution in [0.5, 0.6) is 0 Å². The highest BCUT2D eigenvalue weighted by molar-refractivity contribution is 5.73. The molecule has 0 aliphatic heterocycles. The largest absolute Gasteiger partial charge is 0.370 e. The van der Waals surface area contributed by atoms with E-state index in [1.807, 2.05) is 7.05 Å². The molecule has 0 rings (SSSR count). The van der Waals surface area contributed by atoms with Crippen LogP contribution in [0.2, 0.25) is 0 Å². The Morgan fingerprint density at radius 3 is 2.70 bits per heavy atom. The van der Waals surface area contributed by atoms with Gasteiger partial charge in [-0.25, -0.2) is 0 Å². The third-order valence-corrected chi connectivity index (χ3v) is 1.35. The fourth-order valence-corrected chi connectivity index (χ4v) is 0.778. The fraction of sp³-hybridized carbons (Fsp3) is 0.857. The molecule has 0 aromatic carbocycles. The lowest BCUT2D eigenvalue weighted by Gasteiger charge is -1.97. The number of nitrogens with one attached hydrogen (secondary N) is 1. The lowest BCUT2D eigenvalue weighted by molar-refractivity contribution is -0.118. The van der Waals surface area contributed by atoms with E-state index in [1.54, 1.807) is 0 Å². The van der Waals surface area contributed by atoms with Crippen LogP contribution >= 0.6 is 0 Å². The summed E-state index contributed by atoms with van der Waals surface area (Å²) in [7, 11) is 1.92. The molecular weight excluding hydrogens is 128 g/mol. The molecule has 0 atom stereocenters. The van der Waals surface area contributed by atoms with Gasteiger partial charge in [0.05, 0.1) is 0 Å². The number of hydrogen-bond donors (Lipinski definition) is 2. The van der Waals surface area contributed by atoms with E-state index in [0.717, 1.165) is 25.8 Å². The number of unbranched alkanes of at least 4 members (excludes halogenated alkanes) is 2. The summed E-state index contributed by atoms with van der Waals surface area (Å²) in [4.78, 5) is 10.2. The number of carbonyl (C=O) groups excluding carboxylic acids is 1. The number of primary amides is 1. The van der Waals surface area contributed by atoms with Gasteiger partial charge < -0.3 is 11.1 Å². The minimum atomic E-state index is -0.190. The van der Waals surface area contributed by atoms with Crippen LogP contribution in [0.1, 0.15) is 27.1 Å². The van der Waals surface area contributed by atoms with Gasteiger partial charge in [0, 0.05) is 7.85 Å². The zero-order valence-electron chi connectivity index (χ0n) is 6.52. The minimum Gasteiger partial charge on any atom is -0.370 e. The predicted octanol–water partition coefficient (Wildman–Crippen LogP) is 0.497. The topological polar surface area (TPSA) is 55.1 Å². The van der Waals surface area contributed by atoms with Gasteiger partial charge >= 0.3 is 0 Å². The van der Waals surface area contributed by atoms with Crippen LogP contribution in [0, 0.1) is 0 Å². The third kappa shape index (κ3) is 7.43. The van der Waals surface area contributed by atoms with E-state index in [0.29, 0.717) is 6.42 Å². The highest BCUT2D eigenvalue weighted by atomic mass is 16.1. The smallest absolute Gasteiger partial charge is 0.217 e. The summed E-state index contributed by atoms with van der Waals surface area (Å²) in [5.41, 5.74) is 4.95. The zero-order valence-corrected chi connectivity index (χ0v) is 6.52. The molecule has 0 aliphatic rings. The molecule has 1 amide bonds. The Balaban J connectivity index is 0. The average Bonchev–Trinajstić information content (AvgIpc) is 1.87. The molecular formula is C7H18N2O. The van der Waals surface area contributed by atoms with Crippen molar-refractivity contribution in [2.45, 2.75) is 25.7 Å². The summed E-state index contributed by atoms with van der Waals surface area (Å²) in [6.07, 6.45) is 3.67. The summed E-state index contributed by atoms with van der Waals surface area (Å²) >= 11 is 0. The van der Waals surface area contributed by atoms with Crippen LogP contribution in [-0.4, -0.2) is 19.5 Å². The first kappa shape index (κ1) is 9.43. The summed E-state index contributed by atoms with van der Waals surface area (Å²) < 4.78 is 0. The molecule has 0 aromatic rings. The van der Waals surface area contributed by atoms with Gasteiger partial charge in [-0.15, -0.1) is 0 Å². The highest BCUT2D eigenvalue weighted by Gasteiger charge is 1.92. The van der Waals surface area contributed by atoms with Gasteiger partial charge in [0.15, 0.2) is 0 Å². The van der Waals surface area contributed by atoms with Crippen LogP contribution < -0.4 is 11.1 Å². The number of hydrogen-bond acceptors (Lipinski definition) is 2. The Bertz CT molecular complexity index is 98.4. The summed E-state index contributed by atoms with van der Waals surface area (Å²) in [5, 5.41) is 3.04. The van der Waals surface area contributed by atoms with Gasteiger partial charge in [0.2, 0.25) is 5.91 Å². The maximum atomic E-state index is 10.2. The lowest BCUT2D eigenvalue weighted by Crippen LogP contribution is -2.11. The van der Waals surface area contributed by atoms with E-state index >= 15 is 0 Å². The average molecular weight is 146 g/mol. The van der Waals surface area contributed by atoms with Gasteiger partial charge in [-0.3, -0.25) is 4.79 Å². The number of carbonyl (C=O) groups is 1. The van der Waals surface area contributed by atoms with Crippen molar-refractivity contribution in [3.05, 3.63) is 0 Å². The first-order valence-electron chi connectivity index (χ1n) is 3.70. The molecule has 0 saturated heterocycles. The minimum absolute atomic E-state index is 0. The van der Waals surface area contributed by atoms with E-state index in [2.05, 4.69) is 5.32 Å². The molecule has 0 aromatic heterocycles. The summed E-state index contributed by atoms with van der Waals surface area (Å²) in [6.45, 7) is 1.03. The molecule has 62 valence electrons. The highest BCUT2D eigenvalue weighted by Crippen LogP contribution is 1.96. The third-order valence-electron chi connectivity index (χ3n) is 1.35. The maximum Gasteiger partial charge on any atom is 0.217 e. The molecule has 0 aliphatic carbocycles. The number of rotatable bonds is 6. The zero-order chi connectivity index (χ0) is 7.82. The van der Waals surface area contributed by atoms with Crippen LogP contribution in [-0.2, 0) is 4.79 Å². The van der Waals surface area contributed by atoms with Crippen molar-refractivity contribution in [1.82, 2.24) is 5.32 Å². The van der Waals surface area contributed by atoms with Gasteiger partial charge in [-0.05, 0) is 26.4 Å². The normalized spacial score (nSPS) is 9.70. The van der Waals surface area contributed by atoms with Crippen molar-refractivity contribution >= 4 is 5.91 Å². The quantitative estimate of drug-likeness (QED) is 0.536.